The van der Waals surface area contributed by atoms with Gasteiger partial charge in [0.25, 0.3) is 5.91 Å². The number of nitrogens with zero attached hydrogens (tertiary/aromatic N) is 2. The highest BCUT2D eigenvalue weighted by molar-refractivity contribution is 7.16. The zero-order chi connectivity index (χ0) is 20.1. The van der Waals surface area contributed by atoms with Gasteiger partial charge in [0.05, 0.1) is 28.4 Å². The number of rotatable bonds is 6. The number of aromatic nitrogens is 1. The van der Waals surface area contributed by atoms with Gasteiger partial charge >= 0.3 is 0 Å². The molecule has 3 rings (SSSR count). The molecule has 0 atom stereocenters. The molecule has 0 fully saturated rings. The fourth-order valence-corrected chi connectivity index (χ4v) is 4.44. The molecule has 28 heavy (non-hydrogen) atoms. The molecule has 1 amide bonds. The number of fused-ring (bicyclic) bond motifs is 1. The van der Waals surface area contributed by atoms with Crippen molar-refractivity contribution in [3.63, 3.8) is 0 Å². The molecule has 7 heteroatoms. The highest BCUT2D eigenvalue weighted by Gasteiger charge is 2.12. The summed E-state index contributed by atoms with van der Waals surface area (Å²) in [6.45, 7) is 3.01. The van der Waals surface area contributed by atoms with Gasteiger partial charge in [-0.3, -0.25) is 4.79 Å². The maximum Gasteiger partial charge on any atom is 0.279 e. The number of carbonyl (C=O) groups excluding carboxylic acids is 1. The van der Waals surface area contributed by atoms with Gasteiger partial charge in [-0.1, -0.05) is 53.8 Å². The van der Waals surface area contributed by atoms with Crippen LogP contribution in [0.25, 0.3) is 10.2 Å². The van der Waals surface area contributed by atoms with Crippen molar-refractivity contribution in [1.29, 1.82) is 0 Å². The number of hydrogen-bond acceptors (Lipinski definition) is 3. The van der Waals surface area contributed by atoms with Gasteiger partial charge in [0.15, 0.2) is 4.80 Å². The van der Waals surface area contributed by atoms with Crippen LogP contribution in [0.1, 0.15) is 30.1 Å². The summed E-state index contributed by atoms with van der Waals surface area (Å²) in [5.74, 6) is 2.95. The average molecular weight is 433 g/mol. The number of ether oxygens (including phenoxy) is 1. The Morgan fingerprint density at radius 2 is 2.04 bits per heavy atom. The van der Waals surface area contributed by atoms with E-state index in [4.69, 9.17) is 34.4 Å². The van der Waals surface area contributed by atoms with Crippen molar-refractivity contribution in [3.05, 3.63) is 56.8 Å². The normalized spacial score (nSPS) is 11.6. The molecule has 3 aromatic rings. The molecule has 0 aliphatic heterocycles. The molecule has 0 bridgehead atoms. The van der Waals surface area contributed by atoms with Gasteiger partial charge in [-0.15, -0.1) is 6.42 Å². The van der Waals surface area contributed by atoms with E-state index in [0.717, 1.165) is 28.8 Å². The lowest BCUT2D eigenvalue weighted by Crippen LogP contribution is -2.16. The van der Waals surface area contributed by atoms with Crippen LogP contribution in [0.3, 0.4) is 0 Å². The molecule has 0 N–H and O–H groups in total. The second-order valence-electron chi connectivity index (χ2n) is 6.05. The van der Waals surface area contributed by atoms with Gasteiger partial charge in [0, 0.05) is 10.6 Å². The Labute approximate surface area is 177 Å². The van der Waals surface area contributed by atoms with Gasteiger partial charge in [-0.25, -0.2) is 0 Å². The lowest BCUT2D eigenvalue weighted by atomic mass is 10.2. The fourth-order valence-electron chi connectivity index (χ4n) is 2.63. The van der Waals surface area contributed by atoms with E-state index in [2.05, 4.69) is 17.8 Å². The zero-order valence-electron chi connectivity index (χ0n) is 15.2. The number of terminal acetylenes is 1. The van der Waals surface area contributed by atoms with Gasteiger partial charge in [0.1, 0.15) is 5.75 Å². The Balaban J connectivity index is 1.95. The third-order valence-corrected chi connectivity index (χ3v) is 5.54. The third-order valence-electron chi connectivity index (χ3n) is 4.01. The van der Waals surface area contributed by atoms with Crippen LogP contribution in [0, 0.1) is 12.3 Å². The summed E-state index contributed by atoms with van der Waals surface area (Å²) in [5, 5.41) is 0.986. The van der Waals surface area contributed by atoms with Crippen LogP contribution in [0.4, 0.5) is 0 Å². The van der Waals surface area contributed by atoms with E-state index in [1.807, 2.05) is 0 Å². The summed E-state index contributed by atoms with van der Waals surface area (Å²) in [7, 11) is 0. The molecule has 0 aliphatic carbocycles. The van der Waals surface area contributed by atoms with Crippen LogP contribution < -0.4 is 9.54 Å². The molecule has 0 saturated heterocycles. The van der Waals surface area contributed by atoms with Crippen LogP contribution in [0.5, 0.6) is 5.75 Å². The maximum absolute atomic E-state index is 12.6. The summed E-state index contributed by atoms with van der Waals surface area (Å²) >= 11 is 13.7. The van der Waals surface area contributed by atoms with Crippen LogP contribution in [-0.2, 0) is 6.54 Å². The Morgan fingerprint density at radius 1 is 1.29 bits per heavy atom. The van der Waals surface area contributed by atoms with Crippen molar-refractivity contribution in [3.8, 4) is 18.1 Å². The summed E-state index contributed by atoms with van der Waals surface area (Å²) in [4.78, 5) is 17.4. The molecule has 144 valence electrons. The largest absolute Gasteiger partial charge is 0.494 e. The van der Waals surface area contributed by atoms with E-state index >= 15 is 0 Å². The van der Waals surface area contributed by atoms with E-state index in [9.17, 15) is 4.79 Å². The van der Waals surface area contributed by atoms with Gasteiger partial charge in [-0.2, -0.15) is 4.99 Å². The standard InChI is InChI=1S/C21H18Cl2N2O2S/c1-3-5-11-27-16-8-6-14(7-9-16)20(26)24-21-25(10-4-2)19-17(23)12-15(22)13-18(19)28-21/h2,6-9,12-13H,3,5,10-11H2,1H3. The molecule has 0 spiro atoms. The molecule has 0 unspecified atom stereocenters. The van der Waals surface area contributed by atoms with Crippen molar-refractivity contribution in [1.82, 2.24) is 4.57 Å². The molecular formula is C21H18Cl2N2O2S. The summed E-state index contributed by atoms with van der Waals surface area (Å²) in [6, 6.07) is 10.4. The minimum absolute atomic E-state index is 0.248. The summed E-state index contributed by atoms with van der Waals surface area (Å²) in [5.41, 5.74) is 1.19. The monoisotopic (exact) mass is 432 g/mol. The number of benzene rings is 2. The number of amides is 1. The number of thiazole rings is 1. The first kappa shape index (κ1) is 20.5. The van der Waals surface area contributed by atoms with Crippen molar-refractivity contribution < 1.29 is 9.53 Å². The minimum Gasteiger partial charge on any atom is -0.494 e. The van der Waals surface area contributed by atoms with Crippen molar-refractivity contribution >= 4 is 50.7 Å². The molecular weight excluding hydrogens is 415 g/mol. The van der Waals surface area contributed by atoms with E-state index in [0.29, 0.717) is 27.0 Å². The second kappa shape index (κ2) is 9.29. The predicted molar refractivity (Wildman–Crippen MR) is 115 cm³/mol. The Morgan fingerprint density at radius 3 is 2.71 bits per heavy atom. The van der Waals surface area contributed by atoms with Crippen LogP contribution >= 0.6 is 34.5 Å². The topological polar surface area (TPSA) is 43.6 Å². The number of hydrogen-bond donors (Lipinski definition) is 0. The van der Waals surface area contributed by atoms with E-state index < -0.39 is 0 Å². The fraction of sp³-hybridized carbons (Fsp3) is 0.238. The minimum atomic E-state index is -0.361. The molecule has 1 aromatic heterocycles. The van der Waals surface area contributed by atoms with Crippen molar-refractivity contribution in [2.24, 2.45) is 4.99 Å². The SMILES string of the molecule is C#CCn1c(=NC(=O)c2ccc(OCCCC)cc2)sc2cc(Cl)cc(Cl)c21. The maximum atomic E-state index is 12.6. The molecule has 1 heterocycles. The van der Waals surface area contributed by atoms with Crippen LogP contribution in [-0.4, -0.2) is 17.1 Å². The number of unbranched alkanes of at least 4 members (excludes halogenated alkanes) is 1. The quantitative estimate of drug-likeness (QED) is 0.377. The third kappa shape index (κ3) is 4.59. The summed E-state index contributed by atoms with van der Waals surface area (Å²) < 4.78 is 8.19. The first-order valence-electron chi connectivity index (χ1n) is 8.77. The Bertz CT molecular complexity index is 1110. The van der Waals surface area contributed by atoms with Gasteiger partial charge in [0.2, 0.25) is 0 Å². The van der Waals surface area contributed by atoms with Crippen LogP contribution in [0.2, 0.25) is 10.0 Å². The zero-order valence-corrected chi connectivity index (χ0v) is 17.6. The molecule has 0 aliphatic rings. The number of halogens is 2. The second-order valence-corrected chi connectivity index (χ2v) is 7.91. The molecule has 2 aromatic carbocycles. The van der Waals surface area contributed by atoms with Crippen molar-refractivity contribution in [2.45, 2.75) is 26.3 Å². The Kier molecular flexibility index (Phi) is 6.79. The van der Waals surface area contributed by atoms with E-state index in [-0.39, 0.29) is 12.5 Å². The highest BCUT2D eigenvalue weighted by atomic mass is 35.5. The van der Waals surface area contributed by atoms with E-state index in [1.54, 1.807) is 41.0 Å². The smallest absolute Gasteiger partial charge is 0.279 e. The summed E-state index contributed by atoms with van der Waals surface area (Å²) in [6.07, 6.45) is 7.55. The highest BCUT2D eigenvalue weighted by Crippen LogP contribution is 2.29. The number of carbonyl (C=O) groups is 1. The Hall–Kier alpha value is -2.26. The first-order valence-corrected chi connectivity index (χ1v) is 10.3. The lowest BCUT2D eigenvalue weighted by molar-refractivity contribution is 0.0998. The first-order chi connectivity index (χ1) is 13.5. The van der Waals surface area contributed by atoms with Gasteiger partial charge < -0.3 is 9.30 Å². The molecule has 4 nitrogen and oxygen atoms in total. The molecule has 0 radical (unpaired) electrons. The molecule has 0 saturated carbocycles. The van der Waals surface area contributed by atoms with E-state index in [1.165, 1.54) is 11.3 Å². The van der Waals surface area contributed by atoms with Gasteiger partial charge in [-0.05, 0) is 42.8 Å². The average Bonchev–Trinajstić information content (AvgIpc) is 3.00. The lowest BCUT2D eigenvalue weighted by Gasteiger charge is -2.05. The van der Waals surface area contributed by atoms with Crippen LogP contribution in [0.15, 0.2) is 41.4 Å². The van der Waals surface area contributed by atoms with Crippen molar-refractivity contribution in [2.75, 3.05) is 6.61 Å². The predicted octanol–water partition coefficient (Wildman–Crippen LogP) is 5.56.